The smallest absolute Gasteiger partial charge is 0.204 e. The van der Waals surface area contributed by atoms with Gasteiger partial charge in [0.1, 0.15) is 0 Å². The fourth-order valence-corrected chi connectivity index (χ4v) is 4.46. The molecule has 1 aromatic heterocycles. The minimum Gasteiger partial charge on any atom is -0.349 e. The summed E-state index contributed by atoms with van der Waals surface area (Å²) in [7, 11) is 0. The van der Waals surface area contributed by atoms with Gasteiger partial charge in [0.2, 0.25) is 5.95 Å². The van der Waals surface area contributed by atoms with Crippen molar-refractivity contribution in [2.75, 3.05) is 5.32 Å². The lowest BCUT2D eigenvalue weighted by Crippen LogP contribution is -2.27. The number of rotatable bonds is 2. The van der Waals surface area contributed by atoms with Gasteiger partial charge < -0.3 is 9.88 Å². The van der Waals surface area contributed by atoms with Gasteiger partial charge in [0.25, 0.3) is 0 Å². The van der Waals surface area contributed by atoms with Gasteiger partial charge in [-0.1, -0.05) is 70.0 Å². The van der Waals surface area contributed by atoms with Crippen LogP contribution in [-0.2, 0) is 0 Å². The second-order valence-electron chi connectivity index (χ2n) is 6.82. The minimum atomic E-state index is 0.121. The lowest BCUT2D eigenvalue weighted by Gasteiger charge is -2.34. The molecule has 0 saturated heterocycles. The van der Waals surface area contributed by atoms with Gasteiger partial charge in [-0.3, -0.25) is 0 Å². The van der Waals surface area contributed by atoms with Crippen LogP contribution in [0, 0.1) is 0 Å². The summed E-state index contributed by atoms with van der Waals surface area (Å²) in [6.07, 6.45) is 0.902. The molecule has 5 rings (SSSR count). The van der Waals surface area contributed by atoms with Crippen molar-refractivity contribution in [1.29, 1.82) is 0 Å². The van der Waals surface area contributed by atoms with Crippen molar-refractivity contribution in [3.05, 3.63) is 93.4 Å². The highest BCUT2D eigenvalue weighted by molar-refractivity contribution is 9.10. The topological polar surface area (TPSA) is 29.9 Å². The van der Waals surface area contributed by atoms with Crippen LogP contribution in [0.2, 0.25) is 5.02 Å². The number of benzene rings is 3. The molecule has 1 N–H and O–H groups in total. The number of aromatic nitrogens is 2. The van der Waals surface area contributed by atoms with Gasteiger partial charge >= 0.3 is 0 Å². The van der Waals surface area contributed by atoms with E-state index in [9.17, 15) is 0 Å². The van der Waals surface area contributed by atoms with E-state index in [-0.39, 0.29) is 12.1 Å². The van der Waals surface area contributed by atoms with E-state index >= 15 is 0 Å². The van der Waals surface area contributed by atoms with Crippen molar-refractivity contribution in [2.45, 2.75) is 18.5 Å². The number of imidazole rings is 1. The molecule has 2 atom stereocenters. The van der Waals surface area contributed by atoms with Crippen molar-refractivity contribution in [1.82, 2.24) is 9.55 Å². The number of fused-ring (bicyclic) bond motifs is 3. The van der Waals surface area contributed by atoms with Crippen molar-refractivity contribution < 1.29 is 0 Å². The largest absolute Gasteiger partial charge is 0.349 e. The molecule has 0 saturated carbocycles. The van der Waals surface area contributed by atoms with Crippen LogP contribution in [0.1, 0.15) is 29.6 Å². The number of nitrogens with zero attached hydrogens (tertiary/aromatic N) is 2. The monoisotopic (exact) mass is 437 g/mol. The average molecular weight is 439 g/mol. The summed E-state index contributed by atoms with van der Waals surface area (Å²) >= 11 is 10.1. The quantitative estimate of drug-likeness (QED) is 0.382. The van der Waals surface area contributed by atoms with Crippen molar-refractivity contribution in [3.8, 4) is 0 Å². The van der Waals surface area contributed by atoms with E-state index in [0.717, 1.165) is 38.5 Å². The molecule has 2 unspecified atom stereocenters. The molecule has 1 aliphatic heterocycles. The molecule has 2 heterocycles. The van der Waals surface area contributed by atoms with Gasteiger partial charge in [0.05, 0.1) is 23.1 Å². The van der Waals surface area contributed by atoms with Gasteiger partial charge in [-0.2, -0.15) is 0 Å². The average Bonchev–Trinajstić information content (AvgIpc) is 3.07. The molecular formula is C22H17BrClN3. The maximum atomic E-state index is 6.60. The van der Waals surface area contributed by atoms with Gasteiger partial charge in [-0.15, -0.1) is 0 Å². The Labute approximate surface area is 171 Å². The lowest BCUT2D eigenvalue weighted by molar-refractivity contribution is 0.477. The van der Waals surface area contributed by atoms with Crippen LogP contribution in [0.25, 0.3) is 11.0 Å². The summed E-state index contributed by atoms with van der Waals surface area (Å²) < 4.78 is 3.36. The summed E-state index contributed by atoms with van der Waals surface area (Å²) in [4.78, 5) is 4.85. The second kappa shape index (κ2) is 6.70. The first kappa shape index (κ1) is 16.8. The van der Waals surface area contributed by atoms with Crippen LogP contribution in [0.15, 0.2) is 77.3 Å². The van der Waals surface area contributed by atoms with Crippen LogP contribution >= 0.6 is 27.5 Å². The predicted molar refractivity (Wildman–Crippen MR) is 114 cm³/mol. The number of nitrogens with one attached hydrogen (secondary N) is 1. The highest BCUT2D eigenvalue weighted by atomic mass is 79.9. The number of anilines is 1. The zero-order valence-electron chi connectivity index (χ0n) is 14.4. The molecule has 3 aromatic carbocycles. The number of hydrogen-bond donors (Lipinski definition) is 1. The third kappa shape index (κ3) is 2.93. The number of hydrogen-bond acceptors (Lipinski definition) is 2. The van der Waals surface area contributed by atoms with Crippen LogP contribution < -0.4 is 5.32 Å². The Bertz CT molecular complexity index is 1120. The molecule has 4 aromatic rings. The molecular weight excluding hydrogens is 422 g/mol. The Morgan fingerprint density at radius 2 is 1.70 bits per heavy atom. The minimum absolute atomic E-state index is 0.121. The van der Waals surface area contributed by atoms with E-state index in [4.69, 9.17) is 16.6 Å². The molecule has 0 radical (unpaired) electrons. The van der Waals surface area contributed by atoms with Crippen molar-refractivity contribution >= 4 is 44.5 Å². The predicted octanol–water partition coefficient (Wildman–Crippen LogP) is 6.60. The zero-order chi connectivity index (χ0) is 18.4. The molecule has 27 heavy (non-hydrogen) atoms. The fraction of sp³-hybridized carbons (Fsp3) is 0.136. The maximum absolute atomic E-state index is 6.60. The SMILES string of the molecule is Clc1ccccc1C1CC(c2ccc(Br)cc2)Nc2nc3ccccc3n21. The van der Waals surface area contributed by atoms with E-state index < -0.39 is 0 Å². The molecule has 0 amide bonds. The number of halogens is 2. The Balaban J connectivity index is 1.68. The third-order valence-electron chi connectivity index (χ3n) is 5.21. The Hall–Kier alpha value is -2.30. The van der Waals surface area contributed by atoms with E-state index in [1.807, 2.05) is 18.2 Å². The Morgan fingerprint density at radius 3 is 2.52 bits per heavy atom. The fourth-order valence-electron chi connectivity index (χ4n) is 3.93. The van der Waals surface area contributed by atoms with E-state index in [2.05, 4.69) is 80.4 Å². The highest BCUT2D eigenvalue weighted by Crippen LogP contribution is 2.42. The summed E-state index contributed by atoms with van der Waals surface area (Å²) in [6.45, 7) is 0. The summed E-state index contributed by atoms with van der Waals surface area (Å²) in [5.41, 5.74) is 4.49. The summed E-state index contributed by atoms with van der Waals surface area (Å²) in [5, 5.41) is 4.43. The standard InChI is InChI=1S/C22H17BrClN3/c23-15-11-9-14(10-12-15)19-13-21(16-5-1-2-6-17(16)24)27-20-8-4-3-7-18(20)25-22(27)26-19/h1-12,19,21H,13H2,(H,25,26). The first-order valence-corrected chi connectivity index (χ1v) is 10.1. The normalized spacial score (nSPS) is 18.9. The molecule has 134 valence electrons. The van der Waals surface area contributed by atoms with E-state index in [1.54, 1.807) is 0 Å². The van der Waals surface area contributed by atoms with Crippen LogP contribution in [-0.4, -0.2) is 9.55 Å². The lowest BCUT2D eigenvalue weighted by atomic mass is 9.93. The Morgan fingerprint density at radius 1 is 0.963 bits per heavy atom. The molecule has 1 aliphatic rings. The summed E-state index contributed by atoms with van der Waals surface area (Å²) in [5.74, 6) is 0.889. The number of para-hydroxylation sites is 2. The molecule has 5 heteroatoms. The Kier molecular flexibility index (Phi) is 4.18. The molecule has 0 aliphatic carbocycles. The van der Waals surface area contributed by atoms with E-state index in [0.29, 0.717) is 0 Å². The van der Waals surface area contributed by atoms with Gasteiger partial charge in [-0.25, -0.2) is 4.98 Å². The van der Waals surface area contributed by atoms with Gasteiger partial charge in [-0.05, 0) is 47.9 Å². The second-order valence-corrected chi connectivity index (χ2v) is 8.14. The van der Waals surface area contributed by atoms with Crippen molar-refractivity contribution in [2.24, 2.45) is 0 Å². The first-order valence-electron chi connectivity index (χ1n) is 8.94. The molecule has 0 fully saturated rings. The first-order chi connectivity index (χ1) is 13.2. The van der Waals surface area contributed by atoms with Gasteiger partial charge in [0.15, 0.2) is 0 Å². The third-order valence-corrected chi connectivity index (χ3v) is 6.08. The maximum Gasteiger partial charge on any atom is 0.204 e. The van der Waals surface area contributed by atoms with Crippen LogP contribution in [0.3, 0.4) is 0 Å². The molecule has 0 spiro atoms. The molecule has 0 bridgehead atoms. The molecule has 3 nitrogen and oxygen atoms in total. The van der Waals surface area contributed by atoms with Crippen LogP contribution in [0.5, 0.6) is 0 Å². The zero-order valence-corrected chi connectivity index (χ0v) is 16.8. The summed E-state index contributed by atoms with van der Waals surface area (Å²) in [6, 6.07) is 25.1. The van der Waals surface area contributed by atoms with Crippen molar-refractivity contribution in [3.63, 3.8) is 0 Å². The van der Waals surface area contributed by atoms with Crippen LogP contribution in [0.4, 0.5) is 5.95 Å². The van der Waals surface area contributed by atoms with E-state index in [1.165, 1.54) is 5.56 Å². The highest BCUT2D eigenvalue weighted by Gasteiger charge is 2.31. The van der Waals surface area contributed by atoms with Gasteiger partial charge in [0, 0.05) is 9.50 Å².